The smallest absolute Gasteiger partial charge is 0.233 e. The van der Waals surface area contributed by atoms with E-state index in [1.807, 2.05) is 28.8 Å². The fourth-order valence-corrected chi connectivity index (χ4v) is 2.97. The predicted molar refractivity (Wildman–Crippen MR) is 86.6 cm³/mol. The van der Waals surface area contributed by atoms with E-state index < -0.39 is 0 Å². The van der Waals surface area contributed by atoms with Gasteiger partial charge in [0.05, 0.1) is 5.75 Å². The Labute approximate surface area is 137 Å². The second kappa shape index (κ2) is 6.78. The molecule has 3 aromatic rings. The molecule has 1 aromatic carbocycles. The second-order valence-electron chi connectivity index (χ2n) is 5.08. The summed E-state index contributed by atoms with van der Waals surface area (Å²) in [5.74, 6) is -0.0307. The van der Waals surface area contributed by atoms with Gasteiger partial charge in [-0.2, -0.15) is 0 Å². The van der Waals surface area contributed by atoms with Crippen molar-refractivity contribution >= 4 is 23.3 Å². The number of nitrogens with zero attached hydrogens (tertiary/aromatic N) is 4. The molecule has 0 aliphatic rings. The van der Waals surface area contributed by atoms with E-state index >= 15 is 0 Å². The molecule has 0 saturated heterocycles. The van der Waals surface area contributed by atoms with Gasteiger partial charge in [0.2, 0.25) is 5.91 Å². The molecule has 0 radical (unpaired) electrons. The van der Waals surface area contributed by atoms with Gasteiger partial charge in [-0.3, -0.25) is 9.20 Å². The van der Waals surface area contributed by atoms with Gasteiger partial charge in [0.1, 0.15) is 5.82 Å². The Morgan fingerprint density at radius 2 is 2.00 bits per heavy atom. The number of hydrogen-bond acceptors (Lipinski definition) is 4. The highest BCUT2D eigenvalue weighted by Crippen LogP contribution is 2.17. The highest BCUT2D eigenvalue weighted by molar-refractivity contribution is 7.99. The largest absolute Gasteiger partial charge is 0.341 e. The second-order valence-corrected chi connectivity index (χ2v) is 6.02. The summed E-state index contributed by atoms with van der Waals surface area (Å²) in [6.45, 7) is 0.445. The molecule has 118 valence electrons. The maximum absolute atomic E-state index is 12.9. The molecule has 0 spiro atoms. The molecular formula is C16H15FN4OS. The first-order chi connectivity index (χ1) is 11.1. The van der Waals surface area contributed by atoms with E-state index in [1.54, 1.807) is 24.1 Å². The van der Waals surface area contributed by atoms with Crippen LogP contribution in [0.3, 0.4) is 0 Å². The van der Waals surface area contributed by atoms with Gasteiger partial charge in [-0.15, -0.1) is 10.2 Å². The molecule has 0 bridgehead atoms. The molecule has 0 N–H and O–H groups in total. The molecule has 3 rings (SSSR count). The summed E-state index contributed by atoms with van der Waals surface area (Å²) in [5, 5.41) is 8.82. The summed E-state index contributed by atoms with van der Waals surface area (Å²) in [7, 11) is 1.73. The molecular weight excluding hydrogens is 315 g/mol. The van der Waals surface area contributed by atoms with Crippen molar-refractivity contribution in [2.45, 2.75) is 11.7 Å². The van der Waals surface area contributed by atoms with Crippen LogP contribution in [0.25, 0.3) is 5.65 Å². The van der Waals surface area contributed by atoms with Gasteiger partial charge in [0, 0.05) is 19.8 Å². The van der Waals surface area contributed by atoms with Gasteiger partial charge in [-0.1, -0.05) is 30.0 Å². The van der Waals surface area contributed by atoms with Crippen LogP contribution in [0, 0.1) is 5.82 Å². The van der Waals surface area contributed by atoms with Crippen molar-refractivity contribution in [3.8, 4) is 0 Å². The standard InChI is InChI=1S/C16H15FN4OS/c1-20(10-12-5-7-13(17)8-6-12)15(22)11-23-16-19-18-14-4-2-3-9-21(14)16/h2-9H,10-11H2,1H3. The average molecular weight is 330 g/mol. The van der Waals surface area contributed by atoms with Crippen molar-refractivity contribution in [3.63, 3.8) is 0 Å². The quantitative estimate of drug-likeness (QED) is 0.675. The number of rotatable bonds is 5. The zero-order chi connectivity index (χ0) is 16.2. The fourth-order valence-electron chi connectivity index (χ4n) is 2.11. The van der Waals surface area contributed by atoms with Crippen LogP contribution < -0.4 is 0 Å². The number of thioether (sulfide) groups is 1. The van der Waals surface area contributed by atoms with Crippen molar-refractivity contribution in [3.05, 3.63) is 60.0 Å². The summed E-state index contributed by atoms with van der Waals surface area (Å²) >= 11 is 1.34. The number of carbonyl (C=O) groups is 1. The SMILES string of the molecule is CN(Cc1ccc(F)cc1)C(=O)CSc1nnc2ccccn12. The lowest BCUT2D eigenvalue weighted by molar-refractivity contribution is -0.127. The Balaban J connectivity index is 1.59. The minimum absolute atomic E-state index is 0.0213. The number of hydrogen-bond donors (Lipinski definition) is 0. The molecule has 5 nitrogen and oxygen atoms in total. The van der Waals surface area contributed by atoms with Crippen molar-refractivity contribution in [1.82, 2.24) is 19.5 Å². The minimum atomic E-state index is -0.281. The van der Waals surface area contributed by atoms with Gasteiger partial charge in [0.15, 0.2) is 10.8 Å². The first kappa shape index (κ1) is 15.5. The molecule has 0 aliphatic heterocycles. The van der Waals surface area contributed by atoms with Crippen LogP contribution >= 0.6 is 11.8 Å². The molecule has 0 aliphatic carbocycles. The van der Waals surface area contributed by atoms with E-state index in [0.29, 0.717) is 11.7 Å². The predicted octanol–water partition coefficient (Wildman–Crippen LogP) is 2.62. The lowest BCUT2D eigenvalue weighted by Gasteiger charge is -2.16. The van der Waals surface area contributed by atoms with Crippen LogP contribution in [-0.4, -0.2) is 38.2 Å². The highest BCUT2D eigenvalue weighted by atomic mass is 32.2. The summed E-state index contributed by atoms with van der Waals surface area (Å²) < 4.78 is 14.7. The lowest BCUT2D eigenvalue weighted by Crippen LogP contribution is -2.27. The number of amides is 1. The number of halogens is 1. The molecule has 2 aromatic heterocycles. The van der Waals surface area contributed by atoms with Crippen LogP contribution in [0.4, 0.5) is 4.39 Å². The Hall–Kier alpha value is -2.41. The highest BCUT2D eigenvalue weighted by Gasteiger charge is 2.12. The zero-order valence-corrected chi connectivity index (χ0v) is 13.3. The van der Waals surface area contributed by atoms with Crippen LogP contribution in [0.2, 0.25) is 0 Å². The zero-order valence-electron chi connectivity index (χ0n) is 12.5. The third-order valence-corrected chi connectivity index (χ3v) is 4.29. The van der Waals surface area contributed by atoms with Gasteiger partial charge < -0.3 is 4.90 Å². The summed E-state index contributed by atoms with van der Waals surface area (Å²) in [4.78, 5) is 13.8. The Morgan fingerprint density at radius 3 is 2.78 bits per heavy atom. The molecule has 0 atom stereocenters. The molecule has 0 saturated carbocycles. The van der Waals surface area contributed by atoms with E-state index in [1.165, 1.54) is 23.9 Å². The number of aromatic nitrogens is 3. The van der Waals surface area contributed by atoms with Gasteiger partial charge in [-0.05, 0) is 29.8 Å². The van der Waals surface area contributed by atoms with E-state index in [4.69, 9.17) is 0 Å². The van der Waals surface area contributed by atoms with Gasteiger partial charge in [-0.25, -0.2) is 4.39 Å². The van der Waals surface area contributed by atoms with Gasteiger partial charge >= 0.3 is 0 Å². The topological polar surface area (TPSA) is 50.5 Å². The van der Waals surface area contributed by atoms with Crippen LogP contribution in [0.15, 0.2) is 53.8 Å². The molecule has 0 fully saturated rings. The number of benzene rings is 1. The normalized spacial score (nSPS) is 10.9. The van der Waals surface area contributed by atoms with Crippen molar-refractivity contribution in [1.29, 1.82) is 0 Å². The summed E-state index contributed by atoms with van der Waals surface area (Å²) in [6, 6.07) is 11.8. The first-order valence-corrected chi connectivity index (χ1v) is 8.03. The molecule has 0 unspecified atom stereocenters. The fraction of sp³-hybridized carbons (Fsp3) is 0.188. The van der Waals surface area contributed by atoms with Crippen molar-refractivity contribution < 1.29 is 9.18 Å². The summed E-state index contributed by atoms with van der Waals surface area (Å²) in [6.07, 6.45) is 1.87. The van der Waals surface area contributed by atoms with Crippen molar-refractivity contribution in [2.75, 3.05) is 12.8 Å². The van der Waals surface area contributed by atoms with Crippen LogP contribution in [0.1, 0.15) is 5.56 Å². The first-order valence-electron chi connectivity index (χ1n) is 7.04. The van der Waals surface area contributed by atoms with E-state index in [2.05, 4.69) is 10.2 Å². The maximum Gasteiger partial charge on any atom is 0.233 e. The van der Waals surface area contributed by atoms with Crippen molar-refractivity contribution in [2.24, 2.45) is 0 Å². The lowest BCUT2D eigenvalue weighted by atomic mass is 10.2. The third-order valence-electron chi connectivity index (χ3n) is 3.37. The van der Waals surface area contributed by atoms with Gasteiger partial charge in [0.25, 0.3) is 0 Å². The molecule has 23 heavy (non-hydrogen) atoms. The van der Waals surface area contributed by atoms with Crippen LogP contribution in [-0.2, 0) is 11.3 Å². The van der Waals surface area contributed by atoms with Crippen LogP contribution in [0.5, 0.6) is 0 Å². The Morgan fingerprint density at radius 1 is 1.22 bits per heavy atom. The molecule has 2 heterocycles. The minimum Gasteiger partial charge on any atom is -0.341 e. The number of fused-ring (bicyclic) bond motifs is 1. The number of carbonyl (C=O) groups excluding carboxylic acids is 1. The molecule has 7 heteroatoms. The number of pyridine rings is 1. The summed E-state index contributed by atoms with van der Waals surface area (Å²) in [5.41, 5.74) is 1.64. The average Bonchev–Trinajstić information content (AvgIpc) is 2.98. The maximum atomic E-state index is 12.9. The Kier molecular flexibility index (Phi) is 4.57. The Bertz CT molecular complexity index is 818. The third kappa shape index (κ3) is 3.68. The van der Waals surface area contributed by atoms with E-state index in [0.717, 1.165) is 11.2 Å². The van der Waals surface area contributed by atoms with E-state index in [9.17, 15) is 9.18 Å². The molecule has 1 amide bonds. The van der Waals surface area contributed by atoms with E-state index in [-0.39, 0.29) is 17.5 Å². The monoisotopic (exact) mass is 330 g/mol.